The van der Waals surface area contributed by atoms with Gasteiger partial charge in [-0.25, -0.2) is 13.8 Å². The Kier molecular flexibility index (Phi) is 3.90. The lowest BCUT2D eigenvalue weighted by atomic mass is 10.1. The summed E-state index contributed by atoms with van der Waals surface area (Å²) in [6.07, 6.45) is 1.38. The molecule has 1 amide bonds. The van der Waals surface area contributed by atoms with E-state index >= 15 is 0 Å². The number of rotatable bonds is 2. The molecule has 98 valence electrons. The average Bonchev–Trinajstić information content (AvgIpc) is 2.37. The maximum absolute atomic E-state index is 13.8. The quantitative estimate of drug-likeness (QED) is 0.855. The Morgan fingerprint density at radius 3 is 2.63 bits per heavy atom. The number of carbonyl (C=O) groups excluding carboxylic acids is 1. The Morgan fingerprint density at radius 2 is 2.00 bits per heavy atom. The number of aryl methyl sites for hydroxylation is 1. The van der Waals surface area contributed by atoms with Crippen molar-refractivity contribution in [1.82, 2.24) is 4.98 Å². The lowest BCUT2D eigenvalue weighted by Crippen LogP contribution is -2.16. The summed E-state index contributed by atoms with van der Waals surface area (Å²) >= 11 is 3.15. The van der Waals surface area contributed by atoms with Crippen LogP contribution in [0.25, 0.3) is 0 Å². The number of hydrogen-bond acceptors (Lipinski definition) is 2. The highest BCUT2D eigenvalue weighted by Gasteiger charge is 2.19. The maximum atomic E-state index is 13.8. The number of halogens is 3. The van der Waals surface area contributed by atoms with Crippen molar-refractivity contribution in [2.75, 3.05) is 5.32 Å². The lowest BCUT2D eigenvalue weighted by molar-refractivity contribution is 0.101. The van der Waals surface area contributed by atoms with Gasteiger partial charge in [-0.3, -0.25) is 4.79 Å². The van der Waals surface area contributed by atoms with Crippen LogP contribution in [0.5, 0.6) is 0 Å². The van der Waals surface area contributed by atoms with Crippen LogP contribution in [0.4, 0.5) is 14.5 Å². The van der Waals surface area contributed by atoms with Crippen molar-refractivity contribution < 1.29 is 13.6 Å². The van der Waals surface area contributed by atoms with Gasteiger partial charge in [-0.1, -0.05) is 6.07 Å². The first-order chi connectivity index (χ1) is 8.99. The summed E-state index contributed by atoms with van der Waals surface area (Å²) in [5, 5.41) is 2.39. The molecular formula is C13H9BrF2N2O. The first-order valence-electron chi connectivity index (χ1n) is 5.36. The topological polar surface area (TPSA) is 42.0 Å². The summed E-state index contributed by atoms with van der Waals surface area (Å²) in [6, 6.07) is 5.52. The fourth-order valence-electron chi connectivity index (χ4n) is 1.51. The monoisotopic (exact) mass is 326 g/mol. The molecule has 0 atom stereocenters. The fraction of sp³-hybridized carbons (Fsp3) is 0.0769. The van der Waals surface area contributed by atoms with Crippen molar-refractivity contribution >= 4 is 27.5 Å². The fourth-order valence-corrected chi connectivity index (χ4v) is 1.74. The van der Waals surface area contributed by atoms with Gasteiger partial charge in [-0.15, -0.1) is 0 Å². The van der Waals surface area contributed by atoms with Gasteiger partial charge in [0.15, 0.2) is 0 Å². The number of amides is 1. The zero-order valence-electron chi connectivity index (χ0n) is 9.88. The van der Waals surface area contributed by atoms with Gasteiger partial charge in [0.2, 0.25) is 0 Å². The van der Waals surface area contributed by atoms with Crippen molar-refractivity contribution in [1.29, 1.82) is 0 Å². The molecule has 6 heteroatoms. The first-order valence-corrected chi connectivity index (χ1v) is 6.16. The number of aromatic nitrogens is 1. The largest absolute Gasteiger partial charge is 0.320 e. The average molecular weight is 327 g/mol. The SMILES string of the molecule is Cc1ccc(F)c(C(=O)Nc2ccc(Br)nc2)c1F. The van der Waals surface area contributed by atoms with E-state index in [9.17, 15) is 13.6 Å². The van der Waals surface area contributed by atoms with Crippen molar-refractivity contribution in [3.05, 3.63) is 57.8 Å². The van der Waals surface area contributed by atoms with E-state index in [1.165, 1.54) is 19.2 Å². The molecule has 0 bridgehead atoms. The van der Waals surface area contributed by atoms with Gasteiger partial charge in [0.05, 0.1) is 11.9 Å². The number of benzene rings is 1. The van der Waals surface area contributed by atoms with Crippen LogP contribution in [-0.2, 0) is 0 Å². The Bertz CT molecular complexity index is 629. The molecule has 0 aliphatic carbocycles. The third-order valence-corrected chi connectivity index (χ3v) is 2.97. The van der Waals surface area contributed by atoms with E-state index in [2.05, 4.69) is 26.2 Å². The highest BCUT2D eigenvalue weighted by Crippen LogP contribution is 2.18. The number of carbonyl (C=O) groups is 1. The molecule has 0 saturated carbocycles. The summed E-state index contributed by atoms with van der Waals surface area (Å²) in [6.45, 7) is 1.47. The van der Waals surface area contributed by atoms with E-state index < -0.39 is 23.1 Å². The van der Waals surface area contributed by atoms with Crippen LogP contribution in [0.1, 0.15) is 15.9 Å². The Labute approximate surface area is 116 Å². The van der Waals surface area contributed by atoms with Gasteiger partial charge in [0, 0.05) is 0 Å². The zero-order valence-corrected chi connectivity index (χ0v) is 11.5. The number of pyridine rings is 1. The molecule has 0 aliphatic rings. The molecule has 19 heavy (non-hydrogen) atoms. The van der Waals surface area contributed by atoms with Crippen LogP contribution in [0.3, 0.4) is 0 Å². The predicted molar refractivity (Wildman–Crippen MR) is 71.0 cm³/mol. The Balaban J connectivity index is 2.30. The minimum Gasteiger partial charge on any atom is -0.320 e. The van der Waals surface area contributed by atoms with Crippen molar-refractivity contribution in [3.63, 3.8) is 0 Å². The molecule has 0 saturated heterocycles. The number of nitrogens with zero attached hydrogens (tertiary/aromatic N) is 1. The number of hydrogen-bond donors (Lipinski definition) is 1. The van der Waals surface area contributed by atoms with Crippen molar-refractivity contribution in [2.45, 2.75) is 6.92 Å². The molecule has 0 unspecified atom stereocenters. The van der Waals surface area contributed by atoms with Gasteiger partial charge in [-0.05, 0) is 46.6 Å². The van der Waals surface area contributed by atoms with E-state index in [0.717, 1.165) is 6.07 Å². The van der Waals surface area contributed by atoms with Crippen LogP contribution in [0.15, 0.2) is 35.1 Å². The van der Waals surface area contributed by atoms with Crippen LogP contribution in [0.2, 0.25) is 0 Å². The van der Waals surface area contributed by atoms with Gasteiger partial charge in [0.25, 0.3) is 5.91 Å². The second-order valence-corrected chi connectivity index (χ2v) is 4.69. The summed E-state index contributed by atoms with van der Waals surface area (Å²) in [5.41, 5.74) is -0.0306. The van der Waals surface area contributed by atoms with E-state index in [1.807, 2.05) is 0 Å². The van der Waals surface area contributed by atoms with E-state index in [-0.39, 0.29) is 5.56 Å². The van der Waals surface area contributed by atoms with Gasteiger partial charge in [-0.2, -0.15) is 0 Å². The van der Waals surface area contributed by atoms with Crippen LogP contribution in [-0.4, -0.2) is 10.9 Å². The highest BCUT2D eigenvalue weighted by molar-refractivity contribution is 9.10. The molecule has 2 rings (SSSR count). The second-order valence-electron chi connectivity index (χ2n) is 3.88. The van der Waals surface area contributed by atoms with Crippen molar-refractivity contribution in [2.24, 2.45) is 0 Å². The van der Waals surface area contributed by atoms with E-state index in [1.54, 1.807) is 12.1 Å². The summed E-state index contributed by atoms with van der Waals surface area (Å²) in [4.78, 5) is 15.8. The zero-order chi connectivity index (χ0) is 14.0. The van der Waals surface area contributed by atoms with Crippen LogP contribution in [0, 0.1) is 18.6 Å². The molecule has 2 aromatic rings. The summed E-state index contributed by atoms with van der Waals surface area (Å²) in [7, 11) is 0. The summed E-state index contributed by atoms with van der Waals surface area (Å²) < 4.78 is 27.9. The van der Waals surface area contributed by atoms with Crippen molar-refractivity contribution in [3.8, 4) is 0 Å². The third-order valence-electron chi connectivity index (χ3n) is 2.50. The predicted octanol–water partition coefficient (Wildman–Crippen LogP) is 3.68. The van der Waals surface area contributed by atoms with Gasteiger partial charge < -0.3 is 5.32 Å². The molecule has 1 heterocycles. The smallest absolute Gasteiger partial charge is 0.261 e. The third kappa shape index (κ3) is 2.96. The highest BCUT2D eigenvalue weighted by atomic mass is 79.9. The molecule has 0 spiro atoms. The Morgan fingerprint density at radius 1 is 1.26 bits per heavy atom. The van der Waals surface area contributed by atoms with Crippen LogP contribution < -0.4 is 5.32 Å². The number of nitrogens with one attached hydrogen (secondary N) is 1. The van der Waals surface area contributed by atoms with E-state index in [4.69, 9.17) is 0 Å². The standard InChI is InChI=1S/C13H9BrF2N2O/c1-7-2-4-9(15)11(12(7)16)13(19)18-8-3-5-10(14)17-6-8/h2-6H,1H3,(H,18,19). The molecule has 0 aliphatic heterocycles. The van der Waals surface area contributed by atoms with Gasteiger partial charge >= 0.3 is 0 Å². The van der Waals surface area contributed by atoms with Crippen LogP contribution >= 0.6 is 15.9 Å². The molecule has 3 nitrogen and oxygen atoms in total. The molecule has 1 aromatic carbocycles. The Hall–Kier alpha value is -1.82. The first kappa shape index (κ1) is 13.6. The second kappa shape index (κ2) is 5.44. The molecule has 0 fully saturated rings. The maximum Gasteiger partial charge on any atom is 0.261 e. The molecule has 0 radical (unpaired) electrons. The lowest BCUT2D eigenvalue weighted by Gasteiger charge is -2.08. The molecular weight excluding hydrogens is 318 g/mol. The minimum atomic E-state index is -0.898. The summed E-state index contributed by atoms with van der Waals surface area (Å²) in [5.74, 6) is -2.60. The minimum absolute atomic E-state index is 0.209. The normalized spacial score (nSPS) is 10.3. The molecule has 1 N–H and O–H groups in total. The van der Waals surface area contributed by atoms with Gasteiger partial charge in [0.1, 0.15) is 21.8 Å². The number of anilines is 1. The molecule has 1 aromatic heterocycles. The van der Waals surface area contributed by atoms with E-state index in [0.29, 0.717) is 10.3 Å².